The molecule has 2 aliphatic heterocycles. The Morgan fingerprint density at radius 1 is 1.39 bits per heavy atom. The van der Waals surface area contributed by atoms with E-state index in [1.807, 2.05) is 49.7 Å². The van der Waals surface area contributed by atoms with Crippen molar-refractivity contribution in [3.8, 4) is 0 Å². The first-order chi connectivity index (χ1) is 14.6. The summed E-state index contributed by atoms with van der Waals surface area (Å²) >= 11 is 4.76. The van der Waals surface area contributed by atoms with E-state index in [0.717, 1.165) is 5.52 Å². The highest BCUT2D eigenvalue weighted by Crippen LogP contribution is 2.59. The molecule has 164 valence electrons. The van der Waals surface area contributed by atoms with Gasteiger partial charge in [0.15, 0.2) is 10.1 Å². The number of benzene rings is 1. The van der Waals surface area contributed by atoms with Crippen molar-refractivity contribution in [2.24, 2.45) is 7.05 Å². The molecule has 1 aromatic heterocycles. The molecule has 2 saturated heterocycles. The summed E-state index contributed by atoms with van der Waals surface area (Å²) in [5, 5.41) is 11.2. The van der Waals surface area contributed by atoms with E-state index in [0.29, 0.717) is 10.9 Å². The second kappa shape index (κ2) is 7.50. The van der Waals surface area contributed by atoms with Crippen LogP contribution in [0.3, 0.4) is 0 Å². The molecule has 0 radical (unpaired) electrons. The predicted molar refractivity (Wildman–Crippen MR) is 122 cm³/mol. The molecule has 9 heteroatoms. The van der Waals surface area contributed by atoms with Crippen LogP contribution in [-0.2, 0) is 21.4 Å². The van der Waals surface area contributed by atoms with E-state index in [-0.39, 0.29) is 6.61 Å². The lowest BCUT2D eigenvalue weighted by Gasteiger charge is -2.51. The van der Waals surface area contributed by atoms with Gasteiger partial charge in [0.25, 0.3) is 0 Å². The number of aliphatic hydroxyl groups excluding tert-OH is 1. The number of hydrogen-bond donors (Lipinski definition) is 1. The number of aromatic nitrogens is 1. The number of amides is 1. The summed E-state index contributed by atoms with van der Waals surface area (Å²) in [5.41, 5.74) is 1.20. The highest BCUT2D eigenvalue weighted by Gasteiger charge is 2.74. The van der Waals surface area contributed by atoms with E-state index < -0.39 is 44.3 Å². The van der Waals surface area contributed by atoms with Crippen LogP contribution in [0.4, 0.5) is 0 Å². The number of fused-ring (bicyclic) bond motifs is 2. The topological polar surface area (TPSA) is 88.8 Å². The summed E-state index contributed by atoms with van der Waals surface area (Å²) in [7, 11) is 1.82. The van der Waals surface area contributed by atoms with Crippen LogP contribution in [0.2, 0.25) is 0 Å². The third-order valence-electron chi connectivity index (χ3n) is 5.90. The second-order valence-corrected chi connectivity index (χ2v) is 11.4. The maximum atomic E-state index is 13.3. The summed E-state index contributed by atoms with van der Waals surface area (Å²) in [6.45, 7) is 7.26. The van der Waals surface area contributed by atoms with E-state index in [1.54, 1.807) is 6.20 Å². The number of carbonyl (C=O) groups excluding carboxylic acids is 3. The van der Waals surface area contributed by atoms with Gasteiger partial charge in [-0.25, -0.2) is 4.79 Å². The van der Waals surface area contributed by atoms with Gasteiger partial charge in [-0.2, -0.15) is 0 Å². The average molecular weight is 507 g/mol. The second-order valence-electron chi connectivity index (χ2n) is 8.31. The summed E-state index contributed by atoms with van der Waals surface area (Å²) in [4.78, 5) is 40.5. The standard InChI is InChI=1S/C22H23BrN2O5S/c1-5-10-30-18(28)16-21(2,3)31-20-22(23,19(29)25(16)20)17(27)15(26)13-11-24(4)14-9-7-6-8-12(13)14/h5-9,11,16-17,20,27H,1,10H2,2-4H3/t16-,17?,20+,22?/m0/s1. The number of alkyl halides is 1. The number of hydrogen-bond acceptors (Lipinski definition) is 6. The number of carbonyl (C=O) groups is 3. The maximum absolute atomic E-state index is 13.3. The number of aliphatic hydroxyl groups is 1. The number of ketones is 1. The zero-order valence-corrected chi connectivity index (χ0v) is 19.8. The Hall–Kier alpha value is -2.10. The van der Waals surface area contributed by atoms with Crippen LogP contribution in [0.15, 0.2) is 43.1 Å². The first-order valence-electron chi connectivity index (χ1n) is 9.79. The fraction of sp³-hybridized carbons (Fsp3) is 0.409. The van der Waals surface area contributed by atoms with Crippen molar-refractivity contribution in [2.75, 3.05) is 6.61 Å². The molecule has 31 heavy (non-hydrogen) atoms. The number of nitrogens with zero attached hydrogens (tertiary/aromatic N) is 2. The molecule has 1 amide bonds. The predicted octanol–water partition coefficient (Wildman–Crippen LogP) is 2.65. The Morgan fingerprint density at radius 3 is 2.74 bits per heavy atom. The molecule has 2 aromatic rings. The van der Waals surface area contributed by atoms with Crippen LogP contribution in [0.5, 0.6) is 0 Å². The van der Waals surface area contributed by atoms with E-state index in [4.69, 9.17) is 4.74 Å². The molecule has 0 aliphatic carbocycles. The number of esters is 1. The number of ether oxygens (including phenoxy) is 1. The van der Waals surface area contributed by atoms with Crippen LogP contribution in [0.25, 0.3) is 10.9 Å². The number of para-hydroxylation sites is 1. The van der Waals surface area contributed by atoms with E-state index in [9.17, 15) is 19.5 Å². The Morgan fingerprint density at radius 2 is 2.06 bits per heavy atom. The fourth-order valence-electron chi connectivity index (χ4n) is 4.37. The van der Waals surface area contributed by atoms with Gasteiger partial charge in [0.2, 0.25) is 5.91 Å². The van der Waals surface area contributed by atoms with Gasteiger partial charge < -0.3 is 19.3 Å². The van der Waals surface area contributed by atoms with Crippen molar-refractivity contribution in [1.82, 2.24) is 9.47 Å². The quantitative estimate of drug-likeness (QED) is 0.213. The van der Waals surface area contributed by atoms with Crippen LogP contribution >= 0.6 is 27.7 Å². The van der Waals surface area contributed by atoms with E-state index in [2.05, 4.69) is 22.5 Å². The third-order valence-corrected chi connectivity index (χ3v) is 9.06. The fourth-order valence-corrected chi connectivity index (χ4v) is 6.93. The molecule has 0 saturated carbocycles. The zero-order chi connectivity index (χ0) is 22.7. The SMILES string of the molecule is C=CCOC(=O)[C@@H]1N2C(=O)C(Br)(C(O)C(=O)c3cn(C)c4ccccc34)[C@H]2SC1(C)C. The number of aryl methyl sites for hydroxylation is 1. The van der Waals surface area contributed by atoms with Gasteiger partial charge in [-0.1, -0.05) is 46.8 Å². The number of rotatable bonds is 6. The Labute approximate surface area is 192 Å². The normalized spacial score (nSPS) is 27.5. The van der Waals surface area contributed by atoms with Crippen LogP contribution < -0.4 is 0 Å². The molecule has 4 atom stereocenters. The van der Waals surface area contributed by atoms with Gasteiger partial charge in [0.1, 0.15) is 24.1 Å². The minimum Gasteiger partial charge on any atom is -0.460 e. The van der Waals surface area contributed by atoms with Crippen LogP contribution in [0.1, 0.15) is 24.2 Å². The molecular weight excluding hydrogens is 484 g/mol. The van der Waals surface area contributed by atoms with Crippen molar-refractivity contribution in [2.45, 2.75) is 40.4 Å². The zero-order valence-electron chi connectivity index (χ0n) is 17.4. The lowest BCUT2D eigenvalue weighted by atomic mass is 9.84. The molecule has 1 aromatic carbocycles. The molecular formula is C22H23BrN2O5S. The van der Waals surface area contributed by atoms with Crippen molar-refractivity contribution in [3.63, 3.8) is 0 Å². The first-order valence-corrected chi connectivity index (χ1v) is 11.5. The van der Waals surface area contributed by atoms with E-state index >= 15 is 0 Å². The molecule has 4 rings (SSSR count). The number of halogens is 1. The van der Waals surface area contributed by atoms with Gasteiger partial charge >= 0.3 is 5.97 Å². The highest BCUT2D eigenvalue weighted by molar-refractivity contribution is 9.10. The van der Waals surface area contributed by atoms with Crippen molar-refractivity contribution >= 4 is 56.3 Å². The molecule has 2 fully saturated rings. The summed E-state index contributed by atoms with van der Waals surface area (Å²) < 4.78 is 4.83. The van der Waals surface area contributed by atoms with Crippen molar-refractivity contribution in [1.29, 1.82) is 0 Å². The maximum Gasteiger partial charge on any atom is 0.330 e. The highest BCUT2D eigenvalue weighted by atomic mass is 79.9. The number of thioether (sulfide) groups is 1. The smallest absolute Gasteiger partial charge is 0.330 e. The molecule has 3 heterocycles. The van der Waals surface area contributed by atoms with E-state index in [1.165, 1.54) is 22.7 Å². The van der Waals surface area contributed by atoms with Gasteiger partial charge in [0.05, 0.1) is 0 Å². The number of Topliss-reactive ketones (excluding diaryl/α,β-unsaturated/α-hetero) is 1. The average Bonchev–Trinajstić information content (AvgIpc) is 3.22. The van der Waals surface area contributed by atoms with Gasteiger partial charge in [0, 0.05) is 34.5 Å². The summed E-state index contributed by atoms with van der Waals surface area (Å²) in [6.07, 6.45) is 1.51. The van der Waals surface area contributed by atoms with Crippen LogP contribution in [-0.4, -0.2) is 65.4 Å². The minimum absolute atomic E-state index is 0.0461. The summed E-state index contributed by atoms with van der Waals surface area (Å²) in [6, 6.07) is 6.56. The lowest BCUT2D eigenvalue weighted by Crippen LogP contribution is -2.75. The minimum atomic E-state index is -1.61. The summed E-state index contributed by atoms with van der Waals surface area (Å²) in [5.74, 6) is -1.58. The number of β-lactam (4-membered cyclic amide) rings is 1. The van der Waals surface area contributed by atoms with Crippen LogP contribution in [0, 0.1) is 0 Å². The van der Waals surface area contributed by atoms with Crippen molar-refractivity contribution in [3.05, 3.63) is 48.7 Å². The largest absolute Gasteiger partial charge is 0.460 e. The third kappa shape index (κ3) is 3.08. The Bertz CT molecular complexity index is 1110. The lowest BCUT2D eigenvalue weighted by molar-refractivity contribution is -0.165. The van der Waals surface area contributed by atoms with Gasteiger partial charge in [-0.15, -0.1) is 11.8 Å². The molecule has 0 spiro atoms. The van der Waals surface area contributed by atoms with Gasteiger partial charge in [-0.05, 0) is 19.9 Å². The molecule has 2 aliphatic rings. The van der Waals surface area contributed by atoms with Crippen molar-refractivity contribution < 1.29 is 24.2 Å². The van der Waals surface area contributed by atoms with Gasteiger partial charge in [-0.3, -0.25) is 9.59 Å². The Balaban J connectivity index is 1.65. The molecule has 7 nitrogen and oxygen atoms in total. The monoisotopic (exact) mass is 506 g/mol. The molecule has 0 bridgehead atoms. The Kier molecular flexibility index (Phi) is 5.34. The first kappa shape index (κ1) is 22.1. The molecule has 2 unspecified atom stereocenters. The molecule has 1 N–H and O–H groups in total.